The Labute approximate surface area is 184 Å². The molecule has 0 saturated carbocycles. The number of alkyl halides is 3. The fourth-order valence-corrected chi connectivity index (χ4v) is 3.66. The SMILES string of the molecule is CC(C)CC(C(=O)O)c1cc(-c2ccc(Cl)cc2)cc(-c2ccc(C(F)(F)F)cc2)c1. The van der Waals surface area contributed by atoms with Crippen LogP contribution in [0.3, 0.4) is 0 Å². The van der Waals surface area contributed by atoms with Gasteiger partial charge in [-0.3, -0.25) is 4.79 Å². The molecular weight excluding hydrogens is 425 g/mol. The zero-order valence-corrected chi connectivity index (χ0v) is 17.8. The highest BCUT2D eigenvalue weighted by molar-refractivity contribution is 6.30. The minimum absolute atomic E-state index is 0.162. The maximum atomic E-state index is 12.9. The molecule has 0 bridgehead atoms. The third-order valence-electron chi connectivity index (χ3n) is 5.09. The number of carbonyl (C=O) groups is 1. The van der Waals surface area contributed by atoms with E-state index in [0.717, 1.165) is 23.3 Å². The van der Waals surface area contributed by atoms with Crippen molar-refractivity contribution in [3.63, 3.8) is 0 Å². The summed E-state index contributed by atoms with van der Waals surface area (Å²) in [5.41, 5.74) is 2.74. The van der Waals surface area contributed by atoms with Crippen LogP contribution in [0.15, 0.2) is 66.7 Å². The molecule has 0 aliphatic rings. The van der Waals surface area contributed by atoms with Crippen molar-refractivity contribution in [1.82, 2.24) is 0 Å². The van der Waals surface area contributed by atoms with Crippen molar-refractivity contribution >= 4 is 17.6 Å². The maximum Gasteiger partial charge on any atom is 0.416 e. The van der Waals surface area contributed by atoms with Gasteiger partial charge in [-0.05, 0) is 70.5 Å². The Bertz CT molecular complexity index is 1060. The lowest BCUT2D eigenvalue weighted by Gasteiger charge is -2.18. The first-order chi connectivity index (χ1) is 14.5. The van der Waals surface area contributed by atoms with Crippen LogP contribution in [0, 0.1) is 5.92 Å². The third-order valence-corrected chi connectivity index (χ3v) is 5.34. The zero-order chi connectivity index (χ0) is 22.8. The van der Waals surface area contributed by atoms with Crippen molar-refractivity contribution in [2.75, 3.05) is 0 Å². The second kappa shape index (κ2) is 9.15. The van der Waals surface area contributed by atoms with Crippen LogP contribution in [0.25, 0.3) is 22.3 Å². The normalized spacial score (nSPS) is 12.7. The molecule has 1 unspecified atom stereocenters. The van der Waals surface area contributed by atoms with E-state index < -0.39 is 23.6 Å². The van der Waals surface area contributed by atoms with Crippen LogP contribution in [0.4, 0.5) is 13.2 Å². The van der Waals surface area contributed by atoms with Crippen LogP contribution in [0.2, 0.25) is 5.02 Å². The average molecular weight is 447 g/mol. The van der Waals surface area contributed by atoms with Gasteiger partial charge in [-0.1, -0.05) is 61.8 Å². The predicted octanol–water partition coefficient (Wildman–Crippen LogP) is 7.91. The molecule has 162 valence electrons. The van der Waals surface area contributed by atoms with Crippen molar-refractivity contribution in [1.29, 1.82) is 0 Å². The molecule has 2 nitrogen and oxygen atoms in total. The predicted molar refractivity (Wildman–Crippen MR) is 117 cm³/mol. The number of hydrogen-bond donors (Lipinski definition) is 1. The van der Waals surface area contributed by atoms with Gasteiger partial charge in [-0.2, -0.15) is 13.2 Å². The Hall–Kier alpha value is -2.79. The van der Waals surface area contributed by atoms with E-state index >= 15 is 0 Å². The van der Waals surface area contributed by atoms with Gasteiger partial charge < -0.3 is 5.11 Å². The molecule has 3 aromatic carbocycles. The summed E-state index contributed by atoms with van der Waals surface area (Å²) < 4.78 is 38.8. The Morgan fingerprint density at radius 2 is 1.35 bits per heavy atom. The van der Waals surface area contributed by atoms with Gasteiger partial charge in [0.25, 0.3) is 0 Å². The molecule has 1 atom stereocenters. The fraction of sp³-hybridized carbons (Fsp3) is 0.240. The van der Waals surface area contributed by atoms with Crippen LogP contribution in [-0.2, 0) is 11.0 Å². The van der Waals surface area contributed by atoms with Gasteiger partial charge in [0.05, 0.1) is 11.5 Å². The quantitative estimate of drug-likeness (QED) is 0.417. The molecule has 0 radical (unpaired) electrons. The molecule has 0 heterocycles. The number of hydrogen-bond acceptors (Lipinski definition) is 1. The van der Waals surface area contributed by atoms with Crippen molar-refractivity contribution in [3.8, 4) is 22.3 Å². The van der Waals surface area contributed by atoms with Crippen LogP contribution < -0.4 is 0 Å². The van der Waals surface area contributed by atoms with Crippen molar-refractivity contribution in [3.05, 3.63) is 82.9 Å². The monoisotopic (exact) mass is 446 g/mol. The largest absolute Gasteiger partial charge is 0.481 e. The minimum Gasteiger partial charge on any atom is -0.481 e. The highest BCUT2D eigenvalue weighted by atomic mass is 35.5. The first-order valence-electron chi connectivity index (χ1n) is 9.86. The summed E-state index contributed by atoms with van der Waals surface area (Å²) in [5.74, 6) is -1.49. The van der Waals surface area contributed by atoms with Crippen LogP contribution >= 0.6 is 11.6 Å². The van der Waals surface area contributed by atoms with Gasteiger partial charge in [0.15, 0.2) is 0 Å². The van der Waals surface area contributed by atoms with Gasteiger partial charge in [0, 0.05) is 5.02 Å². The number of carboxylic acid groups (broad SMARTS) is 1. The summed E-state index contributed by atoms with van der Waals surface area (Å²) >= 11 is 5.99. The van der Waals surface area contributed by atoms with Crippen LogP contribution in [0.1, 0.15) is 37.3 Å². The summed E-state index contributed by atoms with van der Waals surface area (Å²) in [6.07, 6.45) is -3.97. The number of benzene rings is 3. The van der Waals surface area contributed by atoms with Gasteiger partial charge >= 0.3 is 12.1 Å². The van der Waals surface area contributed by atoms with Crippen LogP contribution in [0.5, 0.6) is 0 Å². The molecule has 0 aromatic heterocycles. The van der Waals surface area contributed by atoms with E-state index in [0.29, 0.717) is 28.1 Å². The second-order valence-corrected chi connectivity index (χ2v) is 8.38. The minimum atomic E-state index is -4.42. The van der Waals surface area contributed by atoms with E-state index in [9.17, 15) is 23.1 Å². The average Bonchev–Trinajstić information content (AvgIpc) is 2.71. The molecule has 0 spiro atoms. The lowest BCUT2D eigenvalue weighted by atomic mass is 9.86. The van der Waals surface area contributed by atoms with E-state index in [-0.39, 0.29) is 5.92 Å². The summed E-state index contributed by atoms with van der Waals surface area (Å²) in [5, 5.41) is 10.4. The number of aliphatic carboxylic acids is 1. The van der Waals surface area contributed by atoms with E-state index in [4.69, 9.17) is 11.6 Å². The van der Waals surface area contributed by atoms with E-state index in [1.54, 1.807) is 18.2 Å². The fourth-order valence-electron chi connectivity index (χ4n) is 3.53. The van der Waals surface area contributed by atoms with E-state index in [2.05, 4.69) is 0 Å². The highest BCUT2D eigenvalue weighted by Crippen LogP contribution is 2.35. The Morgan fingerprint density at radius 3 is 1.77 bits per heavy atom. The molecule has 0 amide bonds. The van der Waals surface area contributed by atoms with Gasteiger partial charge in [-0.25, -0.2) is 0 Å². The Morgan fingerprint density at radius 1 is 0.871 bits per heavy atom. The molecule has 6 heteroatoms. The summed E-state index contributed by atoms with van der Waals surface area (Å²) in [6, 6.07) is 17.5. The van der Waals surface area contributed by atoms with Gasteiger partial charge in [0.2, 0.25) is 0 Å². The first-order valence-corrected chi connectivity index (χ1v) is 10.2. The summed E-state index contributed by atoms with van der Waals surface area (Å²) in [4.78, 5) is 12.0. The number of carboxylic acids is 1. The van der Waals surface area contributed by atoms with Gasteiger partial charge in [-0.15, -0.1) is 0 Å². The van der Waals surface area contributed by atoms with Crippen molar-refractivity contribution in [2.24, 2.45) is 5.92 Å². The Balaban J connectivity index is 2.14. The molecule has 0 saturated heterocycles. The molecule has 3 rings (SSSR count). The summed E-state index contributed by atoms with van der Waals surface area (Å²) in [7, 11) is 0. The molecule has 0 fully saturated rings. The van der Waals surface area contributed by atoms with E-state index in [1.165, 1.54) is 12.1 Å². The van der Waals surface area contributed by atoms with Gasteiger partial charge in [0.1, 0.15) is 0 Å². The second-order valence-electron chi connectivity index (χ2n) is 7.95. The van der Waals surface area contributed by atoms with Crippen molar-refractivity contribution < 1.29 is 23.1 Å². The lowest BCUT2D eigenvalue weighted by molar-refractivity contribution is -0.139. The molecule has 3 aromatic rings. The molecular formula is C25H22ClF3O2. The molecule has 31 heavy (non-hydrogen) atoms. The smallest absolute Gasteiger partial charge is 0.416 e. The summed E-state index contributed by atoms with van der Waals surface area (Å²) in [6.45, 7) is 3.91. The highest BCUT2D eigenvalue weighted by Gasteiger charge is 2.30. The molecule has 1 N–H and O–H groups in total. The molecule has 0 aliphatic heterocycles. The number of halogens is 4. The topological polar surface area (TPSA) is 37.3 Å². The maximum absolute atomic E-state index is 12.9. The first kappa shape index (κ1) is 22.9. The standard InChI is InChI=1S/C25H22ClF3O2/c1-15(2)11-23(24(30)31)20-13-18(16-3-7-21(8-4-16)25(27,28)29)12-19(14-20)17-5-9-22(26)10-6-17/h3-10,12-15,23H,11H2,1-2H3,(H,30,31). The number of rotatable bonds is 6. The molecule has 0 aliphatic carbocycles. The lowest BCUT2D eigenvalue weighted by Crippen LogP contribution is -2.14. The van der Waals surface area contributed by atoms with Crippen LogP contribution in [-0.4, -0.2) is 11.1 Å². The van der Waals surface area contributed by atoms with Crippen molar-refractivity contribution in [2.45, 2.75) is 32.4 Å². The third kappa shape index (κ3) is 5.67. The Kier molecular flexibility index (Phi) is 6.75. The zero-order valence-electron chi connectivity index (χ0n) is 17.1. The van der Waals surface area contributed by atoms with E-state index in [1.807, 2.05) is 38.1 Å².